The average molecular weight is 204 g/mol. The molecule has 0 aliphatic rings. The van der Waals surface area contributed by atoms with Gasteiger partial charge in [-0.05, 0) is 0 Å². The number of imidazole rings is 1. The number of hydrogen-bond donors (Lipinski definition) is 0. The van der Waals surface area contributed by atoms with E-state index >= 15 is 0 Å². The lowest BCUT2D eigenvalue weighted by atomic mass is 10.2. The van der Waals surface area contributed by atoms with Crippen LogP contribution in [0.1, 0.15) is 23.7 Å². The van der Waals surface area contributed by atoms with Crippen LogP contribution in [-0.2, 0) is 7.05 Å². The van der Waals surface area contributed by atoms with Crippen LogP contribution in [0.3, 0.4) is 0 Å². The molecule has 0 aromatic carbocycles. The molecule has 0 bridgehead atoms. The maximum Gasteiger partial charge on any atom is 0.171 e. The number of carbonyl (C=O) groups excluding carboxylic acids is 1. The second kappa shape index (κ2) is 3.68. The summed E-state index contributed by atoms with van der Waals surface area (Å²) < 4.78 is 3.43. The number of ketones is 1. The minimum atomic E-state index is 0.0946. The Morgan fingerprint density at radius 3 is 2.87 bits per heavy atom. The highest BCUT2D eigenvalue weighted by Gasteiger charge is 2.08. The first kappa shape index (κ1) is 9.64. The molecular formula is C10H12N4O. The highest BCUT2D eigenvalue weighted by molar-refractivity contribution is 5.95. The third kappa shape index (κ3) is 1.81. The first-order valence-electron chi connectivity index (χ1n) is 4.77. The van der Waals surface area contributed by atoms with E-state index in [4.69, 9.17) is 0 Å². The summed E-state index contributed by atoms with van der Waals surface area (Å²) in [6.07, 6.45) is 7.30. The molecule has 2 aromatic rings. The minimum absolute atomic E-state index is 0.0946. The van der Waals surface area contributed by atoms with E-state index < -0.39 is 0 Å². The van der Waals surface area contributed by atoms with Crippen molar-refractivity contribution in [2.75, 3.05) is 0 Å². The van der Waals surface area contributed by atoms with Gasteiger partial charge in [0, 0.05) is 25.9 Å². The van der Waals surface area contributed by atoms with Crippen molar-refractivity contribution in [1.82, 2.24) is 19.3 Å². The molecular weight excluding hydrogens is 192 g/mol. The van der Waals surface area contributed by atoms with Crippen molar-refractivity contribution in [3.8, 4) is 5.82 Å². The molecule has 0 N–H and O–H groups in total. The Morgan fingerprint density at radius 1 is 1.47 bits per heavy atom. The molecule has 0 saturated heterocycles. The zero-order valence-corrected chi connectivity index (χ0v) is 8.71. The van der Waals surface area contributed by atoms with Gasteiger partial charge in [0.15, 0.2) is 11.6 Å². The van der Waals surface area contributed by atoms with Gasteiger partial charge in [0.2, 0.25) is 0 Å². The molecule has 2 rings (SSSR count). The number of Topliss-reactive ketones (excluding diaryl/α,β-unsaturated/α-hetero) is 1. The molecule has 0 fully saturated rings. The average Bonchev–Trinajstić information content (AvgIpc) is 2.84. The lowest BCUT2D eigenvalue weighted by Gasteiger charge is -1.92. The third-order valence-electron chi connectivity index (χ3n) is 2.15. The van der Waals surface area contributed by atoms with Gasteiger partial charge in [-0.2, -0.15) is 5.10 Å². The zero-order chi connectivity index (χ0) is 10.8. The van der Waals surface area contributed by atoms with E-state index in [0.717, 1.165) is 0 Å². The lowest BCUT2D eigenvalue weighted by Crippen LogP contribution is -1.96. The lowest BCUT2D eigenvalue weighted by molar-refractivity contribution is 0.0988. The summed E-state index contributed by atoms with van der Waals surface area (Å²) in [6.45, 7) is 1.83. The van der Waals surface area contributed by atoms with Gasteiger partial charge >= 0.3 is 0 Å². The normalized spacial score (nSPS) is 10.5. The maximum absolute atomic E-state index is 11.4. The zero-order valence-electron chi connectivity index (χ0n) is 8.71. The van der Waals surface area contributed by atoms with E-state index in [1.54, 1.807) is 23.4 Å². The predicted octanol–water partition coefficient (Wildman–Crippen LogP) is 1.20. The number of aromatic nitrogens is 4. The minimum Gasteiger partial charge on any atom is -0.338 e. The van der Waals surface area contributed by atoms with E-state index in [-0.39, 0.29) is 5.78 Å². The Kier molecular flexibility index (Phi) is 2.37. The Morgan fingerprint density at radius 2 is 2.27 bits per heavy atom. The van der Waals surface area contributed by atoms with Crippen LogP contribution in [0.5, 0.6) is 0 Å². The maximum atomic E-state index is 11.4. The van der Waals surface area contributed by atoms with E-state index in [2.05, 4.69) is 10.1 Å². The Balaban J connectivity index is 2.31. The van der Waals surface area contributed by atoms with E-state index in [1.807, 2.05) is 24.7 Å². The summed E-state index contributed by atoms with van der Waals surface area (Å²) in [5.74, 6) is 0.810. The molecule has 0 atom stereocenters. The summed E-state index contributed by atoms with van der Waals surface area (Å²) in [6, 6.07) is 0. The van der Waals surface area contributed by atoms with Crippen LogP contribution in [0.15, 0.2) is 24.9 Å². The van der Waals surface area contributed by atoms with Crippen LogP contribution in [0.2, 0.25) is 0 Å². The topological polar surface area (TPSA) is 52.7 Å². The van der Waals surface area contributed by atoms with Crippen molar-refractivity contribution in [3.63, 3.8) is 0 Å². The quantitative estimate of drug-likeness (QED) is 0.706. The third-order valence-corrected chi connectivity index (χ3v) is 2.15. The molecule has 0 radical (unpaired) electrons. The van der Waals surface area contributed by atoms with Gasteiger partial charge in [0.1, 0.15) is 0 Å². The standard InChI is InChI=1S/C10H12N4O/c1-3-9(15)8-4-12-14(5-8)10-6-13(2)7-11-10/h4-7H,3H2,1-2H3. The monoisotopic (exact) mass is 204 g/mol. The van der Waals surface area contributed by atoms with Crippen LogP contribution in [0.25, 0.3) is 5.82 Å². The summed E-state index contributed by atoms with van der Waals surface area (Å²) >= 11 is 0. The van der Waals surface area contributed by atoms with Crippen molar-refractivity contribution >= 4 is 5.78 Å². The van der Waals surface area contributed by atoms with Crippen molar-refractivity contribution in [2.45, 2.75) is 13.3 Å². The molecule has 78 valence electrons. The molecule has 0 amide bonds. The molecule has 0 unspecified atom stereocenters. The predicted molar refractivity (Wildman–Crippen MR) is 55.0 cm³/mol. The van der Waals surface area contributed by atoms with Crippen molar-refractivity contribution < 1.29 is 4.79 Å². The smallest absolute Gasteiger partial charge is 0.171 e. The number of nitrogens with zero attached hydrogens (tertiary/aromatic N) is 4. The molecule has 0 spiro atoms. The molecule has 2 aromatic heterocycles. The fraction of sp³-hybridized carbons (Fsp3) is 0.300. The summed E-state index contributed by atoms with van der Waals surface area (Å²) in [5, 5.41) is 4.09. The Labute approximate surface area is 87.4 Å². The molecule has 2 heterocycles. The fourth-order valence-electron chi connectivity index (χ4n) is 1.31. The first-order chi connectivity index (χ1) is 7.20. The van der Waals surface area contributed by atoms with Crippen LogP contribution < -0.4 is 0 Å². The number of hydrogen-bond acceptors (Lipinski definition) is 3. The Bertz CT molecular complexity index is 483. The summed E-state index contributed by atoms with van der Waals surface area (Å²) in [4.78, 5) is 15.5. The highest BCUT2D eigenvalue weighted by atomic mass is 16.1. The SMILES string of the molecule is CCC(=O)c1cnn(-c2cn(C)cn2)c1. The van der Waals surface area contributed by atoms with E-state index in [1.165, 1.54) is 0 Å². The van der Waals surface area contributed by atoms with Gasteiger partial charge in [-0.15, -0.1) is 0 Å². The highest BCUT2D eigenvalue weighted by Crippen LogP contribution is 2.06. The van der Waals surface area contributed by atoms with Crippen LogP contribution in [-0.4, -0.2) is 25.1 Å². The van der Waals surface area contributed by atoms with Crippen molar-refractivity contribution in [2.24, 2.45) is 7.05 Å². The second-order valence-corrected chi connectivity index (χ2v) is 3.35. The van der Waals surface area contributed by atoms with Gasteiger partial charge in [-0.25, -0.2) is 9.67 Å². The number of rotatable bonds is 3. The molecule has 15 heavy (non-hydrogen) atoms. The number of carbonyl (C=O) groups is 1. The van der Waals surface area contributed by atoms with Gasteiger partial charge in [-0.1, -0.05) is 6.92 Å². The molecule has 5 heteroatoms. The van der Waals surface area contributed by atoms with Gasteiger partial charge < -0.3 is 4.57 Å². The largest absolute Gasteiger partial charge is 0.338 e. The second-order valence-electron chi connectivity index (χ2n) is 3.35. The summed E-state index contributed by atoms with van der Waals surface area (Å²) in [7, 11) is 1.89. The van der Waals surface area contributed by atoms with Crippen molar-refractivity contribution in [1.29, 1.82) is 0 Å². The molecule has 5 nitrogen and oxygen atoms in total. The fourth-order valence-corrected chi connectivity index (χ4v) is 1.31. The first-order valence-corrected chi connectivity index (χ1v) is 4.77. The molecule has 0 aliphatic carbocycles. The van der Waals surface area contributed by atoms with Gasteiger partial charge in [0.05, 0.1) is 18.1 Å². The van der Waals surface area contributed by atoms with Crippen molar-refractivity contribution in [3.05, 3.63) is 30.5 Å². The van der Waals surface area contributed by atoms with Crippen LogP contribution in [0, 0.1) is 0 Å². The summed E-state index contributed by atoms with van der Waals surface area (Å²) in [5.41, 5.74) is 0.628. The number of aryl methyl sites for hydroxylation is 1. The Hall–Kier alpha value is -1.91. The molecule has 0 saturated carbocycles. The van der Waals surface area contributed by atoms with E-state index in [0.29, 0.717) is 17.8 Å². The van der Waals surface area contributed by atoms with Crippen LogP contribution >= 0.6 is 0 Å². The van der Waals surface area contributed by atoms with E-state index in [9.17, 15) is 4.79 Å². The molecule has 0 aliphatic heterocycles. The van der Waals surface area contributed by atoms with Gasteiger partial charge in [0.25, 0.3) is 0 Å². The van der Waals surface area contributed by atoms with Gasteiger partial charge in [-0.3, -0.25) is 4.79 Å². The van der Waals surface area contributed by atoms with Crippen LogP contribution in [0.4, 0.5) is 0 Å².